The van der Waals surface area contributed by atoms with Crippen LogP contribution in [0.5, 0.6) is 0 Å². The van der Waals surface area contributed by atoms with Gasteiger partial charge in [0.25, 0.3) is 0 Å². The van der Waals surface area contributed by atoms with E-state index in [1.165, 1.54) is 0 Å². The molecule has 1 rings (SSSR count). The van der Waals surface area contributed by atoms with Gasteiger partial charge in [-0.15, -0.1) is 5.56 Å². The molecule has 0 aliphatic heterocycles. The minimum absolute atomic E-state index is 0. The fourth-order valence-electron chi connectivity index (χ4n) is 0.913. The van der Waals surface area contributed by atoms with Crippen molar-refractivity contribution in [2.45, 2.75) is 20.8 Å². The Balaban J connectivity index is 0. The van der Waals surface area contributed by atoms with Crippen molar-refractivity contribution in [3.8, 4) is 0 Å². The molecule has 0 aromatic heterocycles. The molecule has 0 aliphatic carbocycles. The molecule has 1 aromatic rings. The summed E-state index contributed by atoms with van der Waals surface area (Å²) in [7, 11) is 0. The Kier molecular flexibility index (Phi) is 12.0. The van der Waals surface area contributed by atoms with Crippen molar-refractivity contribution in [2.75, 3.05) is 0 Å². The van der Waals surface area contributed by atoms with Crippen LogP contribution in [0.1, 0.15) is 26.3 Å². The van der Waals surface area contributed by atoms with Crippen LogP contribution in [0.25, 0.3) is 5.57 Å². The first kappa shape index (κ1) is 16.9. The maximum Gasteiger partial charge on any atom is 1.00 e. The maximum atomic E-state index is 3.85. The summed E-state index contributed by atoms with van der Waals surface area (Å²) in [6.07, 6.45) is 0. The number of allylic oxidation sites excluding steroid dienone is 1. The number of hydrogen-bond acceptors (Lipinski definition) is 1. The van der Waals surface area contributed by atoms with Gasteiger partial charge in [0.05, 0.1) is 0 Å². The molecule has 0 atom stereocenters. The summed E-state index contributed by atoms with van der Waals surface area (Å²) in [5.74, 6) is 0. The van der Waals surface area contributed by atoms with Crippen LogP contribution in [-0.2, 0) is 0 Å². The molecular weight excluding hydrogens is 244 g/mol. The predicted molar refractivity (Wildman–Crippen MR) is 60.5 cm³/mol. The summed E-state index contributed by atoms with van der Waals surface area (Å²) < 4.78 is 0. The molecule has 1 aromatic carbocycles. The molecule has 0 unspecified atom stereocenters. The van der Waals surface area contributed by atoms with Crippen LogP contribution in [0.2, 0.25) is 0 Å². The van der Waals surface area contributed by atoms with Gasteiger partial charge in [0.1, 0.15) is 0 Å². The average molecular weight is 260 g/mol. The molecule has 2 heteroatoms. The van der Waals surface area contributed by atoms with Crippen molar-refractivity contribution in [3.63, 3.8) is 0 Å². The van der Waals surface area contributed by atoms with Crippen LogP contribution in [0.3, 0.4) is 0 Å². The zero-order valence-corrected chi connectivity index (χ0v) is 14.5. The Morgan fingerprint density at radius 2 is 2.00 bits per heavy atom. The Labute approximate surface area is 136 Å². The van der Waals surface area contributed by atoms with Crippen molar-refractivity contribution < 1.29 is 58.2 Å². The molecule has 70 valence electrons. The topological polar surface area (TPSA) is 12.4 Å². The van der Waals surface area contributed by atoms with Gasteiger partial charge in [-0.1, -0.05) is 26.0 Å². The smallest absolute Gasteiger partial charge is 0.328 e. The largest absolute Gasteiger partial charge is 1.00 e. The third-order valence-corrected chi connectivity index (χ3v) is 1.47. The Hall–Kier alpha value is 0.435. The van der Waals surface area contributed by atoms with Gasteiger partial charge >= 0.3 is 58.2 Å². The fraction of sp³-hybridized carbons (Fsp3) is 0.250. The van der Waals surface area contributed by atoms with E-state index in [2.05, 4.69) is 24.4 Å². The molecule has 0 radical (unpaired) electrons. The van der Waals surface area contributed by atoms with Crippen molar-refractivity contribution >= 4 is 18.0 Å². The van der Waals surface area contributed by atoms with Gasteiger partial charge in [0.2, 0.25) is 0 Å². The van der Waals surface area contributed by atoms with Crippen LogP contribution in [0.4, 0.5) is 5.69 Å². The average Bonchev–Trinajstić information content (AvgIpc) is 2.20. The summed E-state index contributed by atoms with van der Waals surface area (Å²) in [5, 5.41) is 0. The van der Waals surface area contributed by atoms with Crippen LogP contribution in [0.15, 0.2) is 29.8 Å². The molecule has 0 fully saturated rings. The van der Waals surface area contributed by atoms with Crippen LogP contribution >= 0.6 is 0 Å². The third kappa shape index (κ3) is 5.35. The molecule has 0 N–H and O–H groups in total. The van der Waals surface area contributed by atoms with Gasteiger partial charge in [-0.25, -0.2) is 0 Å². The number of benzene rings is 1. The zero-order valence-electron chi connectivity index (χ0n) is 9.59. The van der Waals surface area contributed by atoms with Crippen LogP contribution < -0.4 is 58.2 Å². The first-order valence-corrected chi connectivity index (χ1v) is 4.38. The third-order valence-electron chi connectivity index (χ3n) is 1.47. The van der Waals surface area contributed by atoms with Crippen molar-refractivity contribution in [2.24, 2.45) is 4.99 Å². The molecule has 0 saturated carbocycles. The SMILES string of the molecule is C=Nc1c[c-]ccc1C(=C)C.CC.[Rb+]. The number of rotatable bonds is 2. The van der Waals surface area contributed by atoms with Gasteiger partial charge < -0.3 is 4.99 Å². The molecule has 0 bridgehead atoms. The predicted octanol–water partition coefficient (Wildman–Crippen LogP) is 0.882. The molecular formula is C12H16NRb. The molecule has 14 heavy (non-hydrogen) atoms. The van der Waals surface area contributed by atoms with Crippen LogP contribution in [-0.4, -0.2) is 6.72 Å². The van der Waals surface area contributed by atoms with Crippen LogP contribution in [0, 0.1) is 6.07 Å². The first-order valence-electron chi connectivity index (χ1n) is 4.38. The van der Waals surface area contributed by atoms with Gasteiger partial charge in [0.15, 0.2) is 0 Å². The summed E-state index contributed by atoms with van der Waals surface area (Å²) in [4.78, 5) is 3.85. The van der Waals surface area contributed by atoms with E-state index in [-0.39, 0.29) is 58.2 Å². The van der Waals surface area contributed by atoms with Gasteiger partial charge in [-0.05, 0) is 19.3 Å². The zero-order chi connectivity index (χ0) is 10.3. The molecule has 1 nitrogen and oxygen atoms in total. The first-order chi connectivity index (χ1) is 6.25. The molecule has 0 amide bonds. The minimum Gasteiger partial charge on any atom is -0.328 e. The van der Waals surface area contributed by atoms with E-state index in [0.717, 1.165) is 16.8 Å². The van der Waals surface area contributed by atoms with Gasteiger partial charge in [-0.2, -0.15) is 24.3 Å². The number of hydrogen-bond donors (Lipinski definition) is 0. The monoisotopic (exact) mass is 259 g/mol. The van der Waals surface area contributed by atoms with E-state index in [9.17, 15) is 0 Å². The Bertz CT molecular complexity index is 292. The molecule has 0 saturated heterocycles. The van der Waals surface area contributed by atoms with Gasteiger partial charge in [0, 0.05) is 0 Å². The second-order valence-electron chi connectivity index (χ2n) is 2.38. The summed E-state index contributed by atoms with van der Waals surface area (Å²) >= 11 is 0. The van der Waals surface area contributed by atoms with Crippen molar-refractivity contribution in [1.82, 2.24) is 0 Å². The number of aliphatic imine (C=N–C) groups is 1. The van der Waals surface area contributed by atoms with Crippen molar-refractivity contribution in [3.05, 3.63) is 36.4 Å². The quantitative estimate of drug-likeness (QED) is 0.552. The van der Waals surface area contributed by atoms with E-state index < -0.39 is 0 Å². The molecule has 0 heterocycles. The summed E-state index contributed by atoms with van der Waals surface area (Å²) in [5.41, 5.74) is 2.89. The van der Waals surface area contributed by atoms with E-state index in [1.54, 1.807) is 6.07 Å². The Morgan fingerprint density at radius 3 is 2.36 bits per heavy atom. The summed E-state index contributed by atoms with van der Waals surface area (Å²) in [6, 6.07) is 8.52. The molecule has 0 aliphatic rings. The maximum absolute atomic E-state index is 3.85. The van der Waals surface area contributed by atoms with E-state index in [1.807, 2.05) is 32.9 Å². The Morgan fingerprint density at radius 1 is 1.43 bits per heavy atom. The molecule has 0 spiro atoms. The second-order valence-corrected chi connectivity index (χ2v) is 2.38. The number of nitrogens with zero attached hydrogens (tertiary/aromatic N) is 1. The van der Waals surface area contributed by atoms with Crippen molar-refractivity contribution in [1.29, 1.82) is 0 Å². The van der Waals surface area contributed by atoms with E-state index in [4.69, 9.17) is 0 Å². The fourth-order valence-corrected chi connectivity index (χ4v) is 0.913. The summed E-state index contributed by atoms with van der Waals surface area (Å²) in [6.45, 7) is 13.2. The normalized spacial score (nSPS) is 7.64. The van der Waals surface area contributed by atoms with E-state index in [0.29, 0.717) is 0 Å². The second kappa shape index (κ2) is 9.97. The minimum atomic E-state index is 0. The standard InChI is InChI=1S/C10H10N.C2H6.Rb/c1-8(2)9-6-4-5-7-10(9)11-3;1-2;/h4,6-7H,1,3H2,2H3;1-2H3;/q-1;;+1. The van der Waals surface area contributed by atoms with Gasteiger partial charge in [-0.3, -0.25) is 0 Å². The van der Waals surface area contributed by atoms with E-state index >= 15 is 0 Å².